The standard InChI is InChI=1S/C18H22FN7O4/c1-30-14-6-9(2-4-22-14)23-16-10(15(21)27)7-11(19)17(25-16)24-13-8-26(18(28)29)5-3-12(13)20/h2,4,6-7,12-13H,3,5,8,20H2,1H3,(H2,21,27)(H,28,29)(H2,22,23,24,25). The summed E-state index contributed by atoms with van der Waals surface area (Å²) < 4.78 is 19.7. The second kappa shape index (κ2) is 8.78. The monoisotopic (exact) mass is 419 g/mol. The number of carboxylic acid groups (broad SMARTS) is 1. The number of rotatable bonds is 6. The molecule has 0 bridgehead atoms. The number of nitrogens with two attached hydrogens (primary N) is 2. The second-order valence-electron chi connectivity index (χ2n) is 6.72. The molecule has 12 heteroatoms. The first-order valence-electron chi connectivity index (χ1n) is 9.06. The van der Waals surface area contributed by atoms with E-state index in [0.29, 0.717) is 24.5 Å². The Morgan fingerprint density at radius 3 is 2.80 bits per heavy atom. The largest absolute Gasteiger partial charge is 0.481 e. The van der Waals surface area contributed by atoms with E-state index < -0.39 is 29.9 Å². The first-order valence-corrected chi connectivity index (χ1v) is 9.06. The molecule has 1 aliphatic rings. The predicted octanol–water partition coefficient (Wildman–Crippen LogP) is 0.958. The van der Waals surface area contributed by atoms with Crippen molar-refractivity contribution in [1.82, 2.24) is 14.9 Å². The molecular formula is C18H22FN7O4. The van der Waals surface area contributed by atoms with Gasteiger partial charge in [0, 0.05) is 37.1 Å². The molecule has 0 aliphatic carbocycles. The van der Waals surface area contributed by atoms with E-state index >= 15 is 0 Å². The van der Waals surface area contributed by atoms with Gasteiger partial charge in [0.25, 0.3) is 5.91 Å². The van der Waals surface area contributed by atoms with Crippen LogP contribution in [-0.2, 0) is 0 Å². The number of likely N-dealkylation sites (tertiary alicyclic amines) is 1. The van der Waals surface area contributed by atoms with Crippen molar-refractivity contribution in [2.45, 2.75) is 18.5 Å². The maximum absolute atomic E-state index is 14.6. The number of nitrogens with one attached hydrogen (secondary N) is 2. The van der Waals surface area contributed by atoms with E-state index in [9.17, 15) is 19.1 Å². The molecule has 7 N–H and O–H groups in total. The highest BCUT2D eigenvalue weighted by atomic mass is 19.1. The molecule has 2 atom stereocenters. The topological polar surface area (TPSA) is 169 Å². The molecule has 1 fully saturated rings. The van der Waals surface area contributed by atoms with Crippen LogP contribution in [0.5, 0.6) is 5.88 Å². The summed E-state index contributed by atoms with van der Waals surface area (Å²) in [7, 11) is 1.45. The number of nitrogens with zero attached hydrogens (tertiary/aromatic N) is 3. The predicted molar refractivity (Wildman–Crippen MR) is 106 cm³/mol. The van der Waals surface area contributed by atoms with E-state index in [1.54, 1.807) is 12.1 Å². The molecule has 0 radical (unpaired) electrons. The lowest BCUT2D eigenvalue weighted by Gasteiger charge is -2.36. The molecule has 2 amide bonds. The first-order chi connectivity index (χ1) is 14.3. The van der Waals surface area contributed by atoms with Gasteiger partial charge in [0.2, 0.25) is 5.88 Å². The fraction of sp³-hybridized carbons (Fsp3) is 0.333. The molecule has 0 saturated carbocycles. The summed E-state index contributed by atoms with van der Waals surface area (Å²) >= 11 is 0. The van der Waals surface area contributed by atoms with Crippen molar-refractivity contribution in [3.8, 4) is 5.88 Å². The van der Waals surface area contributed by atoms with E-state index in [1.807, 2.05) is 0 Å². The van der Waals surface area contributed by atoms with Gasteiger partial charge >= 0.3 is 6.09 Å². The molecule has 0 aromatic carbocycles. The Hall–Kier alpha value is -3.67. The van der Waals surface area contributed by atoms with Gasteiger partial charge in [-0.3, -0.25) is 4.79 Å². The zero-order valence-corrected chi connectivity index (χ0v) is 16.1. The molecular weight excluding hydrogens is 397 g/mol. The molecule has 3 rings (SSSR count). The lowest BCUT2D eigenvalue weighted by molar-refractivity contribution is 0.1000. The fourth-order valence-corrected chi connectivity index (χ4v) is 3.08. The summed E-state index contributed by atoms with van der Waals surface area (Å²) in [6, 6.07) is 3.16. The lowest BCUT2D eigenvalue weighted by atomic mass is 10.0. The van der Waals surface area contributed by atoms with Crippen LogP contribution in [-0.4, -0.2) is 64.3 Å². The number of carbonyl (C=O) groups excluding carboxylic acids is 1. The highest BCUT2D eigenvalue weighted by Crippen LogP contribution is 2.26. The van der Waals surface area contributed by atoms with Crippen LogP contribution in [0.2, 0.25) is 0 Å². The van der Waals surface area contributed by atoms with Crippen molar-refractivity contribution in [1.29, 1.82) is 0 Å². The third-order valence-electron chi connectivity index (χ3n) is 4.71. The average molecular weight is 419 g/mol. The van der Waals surface area contributed by atoms with Crippen molar-refractivity contribution < 1.29 is 23.8 Å². The summed E-state index contributed by atoms with van der Waals surface area (Å²) in [5.74, 6) is -1.54. The molecule has 160 valence electrons. The van der Waals surface area contributed by atoms with Crippen molar-refractivity contribution in [3.05, 3.63) is 35.8 Å². The Labute approximate surface area is 171 Å². The number of ether oxygens (including phenoxy) is 1. The average Bonchev–Trinajstić information content (AvgIpc) is 2.71. The first kappa shape index (κ1) is 21.0. The van der Waals surface area contributed by atoms with Crippen LogP contribution in [0.25, 0.3) is 0 Å². The number of hydrogen-bond donors (Lipinski definition) is 5. The van der Waals surface area contributed by atoms with Gasteiger partial charge in [-0.1, -0.05) is 0 Å². The number of anilines is 3. The minimum Gasteiger partial charge on any atom is -0.481 e. The Morgan fingerprint density at radius 2 is 2.13 bits per heavy atom. The van der Waals surface area contributed by atoms with Gasteiger partial charge in [-0.15, -0.1) is 0 Å². The molecule has 11 nitrogen and oxygen atoms in total. The van der Waals surface area contributed by atoms with Crippen LogP contribution < -0.4 is 26.8 Å². The van der Waals surface area contributed by atoms with E-state index in [0.717, 1.165) is 6.07 Å². The number of amides is 2. The van der Waals surface area contributed by atoms with Gasteiger partial charge in [0.15, 0.2) is 11.6 Å². The number of primary amides is 1. The molecule has 1 aliphatic heterocycles. The number of aromatic nitrogens is 2. The van der Waals surface area contributed by atoms with Gasteiger partial charge < -0.3 is 36.8 Å². The van der Waals surface area contributed by atoms with Gasteiger partial charge in [-0.25, -0.2) is 19.2 Å². The lowest BCUT2D eigenvalue weighted by Crippen LogP contribution is -2.55. The summed E-state index contributed by atoms with van der Waals surface area (Å²) in [6.45, 7) is 0.362. The molecule has 2 aromatic heterocycles. The van der Waals surface area contributed by atoms with Gasteiger partial charge in [0.05, 0.1) is 18.7 Å². The maximum atomic E-state index is 14.6. The minimum absolute atomic E-state index is 0.0131. The number of piperidine rings is 1. The number of hydrogen-bond acceptors (Lipinski definition) is 8. The van der Waals surface area contributed by atoms with E-state index in [-0.39, 0.29) is 23.7 Å². The summed E-state index contributed by atoms with van der Waals surface area (Å²) in [6.07, 6.45) is 0.808. The second-order valence-corrected chi connectivity index (χ2v) is 6.72. The van der Waals surface area contributed by atoms with Crippen LogP contribution in [0.3, 0.4) is 0 Å². The quantitative estimate of drug-likeness (QED) is 0.458. The van der Waals surface area contributed by atoms with Crippen molar-refractivity contribution >= 4 is 29.3 Å². The van der Waals surface area contributed by atoms with Crippen molar-refractivity contribution in [2.75, 3.05) is 30.8 Å². The highest BCUT2D eigenvalue weighted by molar-refractivity contribution is 5.98. The number of methoxy groups -OCH3 is 1. The summed E-state index contributed by atoms with van der Waals surface area (Å²) in [5.41, 5.74) is 11.8. The zero-order chi connectivity index (χ0) is 21.8. The Morgan fingerprint density at radius 1 is 1.37 bits per heavy atom. The molecule has 1 saturated heterocycles. The molecule has 30 heavy (non-hydrogen) atoms. The van der Waals surface area contributed by atoms with Gasteiger partial charge in [-0.05, 0) is 18.6 Å². The van der Waals surface area contributed by atoms with Crippen LogP contribution >= 0.6 is 0 Å². The fourth-order valence-electron chi connectivity index (χ4n) is 3.08. The van der Waals surface area contributed by atoms with Crippen LogP contribution in [0, 0.1) is 5.82 Å². The smallest absolute Gasteiger partial charge is 0.407 e. The molecule has 3 heterocycles. The summed E-state index contributed by atoms with van der Waals surface area (Å²) in [4.78, 5) is 32.4. The third-order valence-corrected chi connectivity index (χ3v) is 4.71. The third kappa shape index (κ3) is 4.66. The van der Waals surface area contributed by atoms with E-state index in [1.165, 1.54) is 18.2 Å². The number of pyridine rings is 2. The van der Waals surface area contributed by atoms with Crippen LogP contribution in [0.15, 0.2) is 24.4 Å². The SMILES string of the molecule is COc1cc(Nc2nc(NC3CN(C(=O)O)CCC3N)c(F)cc2C(N)=O)ccn1. The van der Waals surface area contributed by atoms with Crippen molar-refractivity contribution in [2.24, 2.45) is 11.5 Å². The van der Waals surface area contributed by atoms with Gasteiger partial charge in [-0.2, -0.15) is 0 Å². The van der Waals surface area contributed by atoms with Crippen LogP contribution in [0.1, 0.15) is 16.8 Å². The normalized spacial score (nSPS) is 18.6. The van der Waals surface area contributed by atoms with Crippen molar-refractivity contribution in [3.63, 3.8) is 0 Å². The molecule has 0 spiro atoms. The Bertz CT molecular complexity index is 958. The zero-order valence-electron chi connectivity index (χ0n) is 16.1. The summed E-state index contributed by atoms with van der Waals surface area (Å²) in [5, 5.41) is 15.0. The van der Waals surface area contributed by atoms with E-state index in [4.69, 9.17) is 16.2 Å². The highest BCUT2D eigenvalue weighted by Gasteiger charge is 2.30. The minimum atomic E-state index is -1.08. The number of carbonyl (C=O) groups is 2. The molecule has 2 unspecified atom stereocenters. The number of halogens is 1. The van der Waals surface area contributed by atoms with Gasteiger partial charge in [0.1, 0.15) is 5.82 Å². The van der Waals surface area contributed by atoms with E-state index in [2.05, 4.69) is 20.6 Å². The molecule has 2 aromatic rings. The maximum Gasteiger partial charge on any atom is 0.407 e. The Kier molecular flexibility index (Phi) is 6.16. The Balaban J connectivity index is 1.90. The van der Waals surface area contributed by atoms with Crippen LogP contribution in [0.4, 0.5) is 26.5 Å².